The van der Waals surface area contributed by atoms with E-state index in [1.165, 1.54) is 0 Å². The number of aliphatic hydroxyl groups excluding tert-OH is 2. The number of aliphatic hydroxyl groups is 2. The van der Waals surface area contributed by atoms with Crippen LogP contribution in [0.1, 0.15) is 24.5 Å². The molecule has 1 atom stereocenters. The van der Waals surface area contributed by atoms with Crippen LogP contribution in [0.3, 0.4) is 0 Å². The van der Waals surface area contributed by atoms with E-state index in [2.05, 4.69) is 4.90 Å². The van der Waals surface area contributed by atoms with Crippen molar-refractivity contribution in [3.63, 3.8) is 0 Å². The van der Waals surface area contributed by atoms with Gasteiger partial charge >= 0.3 is 0 Å². The topological polar surface area (TPSA) is 52.9 Å². The van der Waals surface area contributed by atoms with Gasteiger partial charge in [0.25, 0.3) is 0 Å². The summed E-state index contributed by atoms with van der Waals surface area (Å²) in [4.78, 5) is 2.27. The van der Waals surface area contributed by atoms with Crippen LogP contribution in [0.15, 0.2) is 30.3 Å². The summed E-state index contributed by atoms with van der Waals surface area (Å²) in [6.45, 7) is 3.08. The Hall–Kier alpha value is -0.940. The standard InChI is InChI=1S/C15H23NO3/c17-10-11-19-14-6-8-16(9-7-14)12-15(18)13-4-2-1-3-5-13/h1-5,14-15,17-18H,6-12H2. The van der Waals surface area contributed by atoms with E-state index in [1.807, 2.05) is 30.3 Å². The van der Waals surface area contributed by atoms with Gasteiger partial charge in [0.15, 0.2) is 0 Å². The van der Waals surface area contributed by atoms with E-state index >= 15 is 0 Å². The molecule has 4 nitrogen and oxygen atoms in total. The van der Waals surface area contributed by atoms with Gasteiger partial charge in [0.05, 0.1) is 25.4 Å². The predicted octanol–water partition coefficient (Wildman–Crippen LogP) is 1.19. The normalized spacial score (nSPS) is 19.5. The highest BCUT2D eigenvalue weighted by Gasteiger charge is 2.21. The SMILES string of the molecule is OCCOC1CCN(CC(O)c2ccccc2)CC1. The van der Waals surface area contributed by atoms with Crippen molar-refractivity contribution < 1.29 is 14.9 Å². The maximum atomic E-state index is 10.2. The van der Waals surface area contributed by atoms with Crippen molar-refractivity contribution in [2.75, 3.05) is 32.8 Å². The highest BCUT2D eigenvalue weighted by atomic mass is 16.5. The monoisotopic (exact) mass is 265 g/mol. The Kier molecular flexibility index (Phi) is 5.79. The van der Waals surface area contributed by atoms with Crippen molar-refractivity contribution in [3.8, 4) is 0 Å². The molecule has 0 amide bonds. The summed E-state index contributed by atoms with van der Waals surface area (Å²) < 4.78 is 5.53. The molecule has 1 aromatic carbocycles. The Bertz CT molecular complexity index is 350. The fraction of sp³-hybridized carbons (Fsp3) is 0.600. The lowest BCUT2D eigenvalue weighted by Gasteiger charge is -2.33. The number of rotatable bonds is 6. The second-order valence-electron chi connectivity index (χ2n) is 5.02. The zero-order chi connectivity index (χ0) is 13.5. The molecule has 1 fully saturated rings. The molecule has 2 N–H and O–H groups in total. The number of piperidine rings is 1. The zero-order valence-corrected chi connectivity index (χ0v) is 11.2. The van der Waals surface area contributed by atoms with Gasteiger partial charge in [-0.15, -0.1) is 0 Å². The molecule has 0 aromatic heterocycles. The number of ether oxygens (including phenoxy) is 1. The summed E-state index contributed by atoms with van der Waals surface area (Å²) in [5.41, 5.74) is 0.973. The Labute approximate surface area is 114 Å². The first-order valence-corrected chi connectivity index (χ1v) is 6.97. The Morgan fingerprint density at radius 1 is 1.21 bits per heavy atom. The van der Waals surface area contributed by atoms with E-state index in [4.69, 9.17) is 9.84 Å². The number of benzene rings is 1. The van der Waals surface area contributed by atoms with Gasteiger partial charge in [-0.3, -0.25) is 0 Å². The fourth-order valence-electron chi connectivity index (χ4n) is 2.50. The summed E-state index contributed by atoms with van der Waals surface area (Å²) in [6.07, 6.45) is 1.79. The van der Waals surface area contributed by atoms with Crippen molar-refractivity contribution in [1.82, 2.24) is 4.90 Å². The van der Waals surface area contributed by atoms with Crippen LogP contribution in [-0.2, 0) is 4.74 Å². The minimum Gasteiger partial charge on any atom is -0.394 e. The van der Waals surface area contributed by atoms with Crippen molar-refractivity contribution in [3.05, 3.63) is 35.9 Å². The van der Waals surface area contributed by atoms with Crippen molar-refractivity contribution in [2.45, 2.75) is 25.0 Å². The maximum Gasteiger partial charge on any atom is 0.0916 e. The van der Waals surface area contributed by atoms with Crippen molar-refractivity contribution >= 4 is 0 Å². The fourth-order valence-corrected chi connectivity index (χ4v) is 2.50. The maximum absolute atomic E-state index is 10.2. The smallest absolute Gasteiger partial charge is 0.0916 e. The Balaban J connectivity index is 1.73. The summed E-state index contributed by atoms with van der Waals surface area (Å²) >= 11 is 0. The highest BCUT2D eigenvalue weighted by Crippen LogP contribution is 2.18. The lowest BCUT2D eigenvalue weighted by atomic mass is 10.1. The minimum absolute atomic E-state index is 0.0902. The van der Waals surface area contributed by atoms with Gasteiger partial charge in [-0.05, 0) is 18.4 Å². The molecule has 19 heavy (non-hydrogen) atoms. The van der Waals surface area contributed by atoms with Crippen LogP contribution in [0, 0.1) is 0 Å². The summed E-state index contributed by atoms with van der Waals surface area (Å²) in [7, 11) is 0. The molecule has 4 heteroatoms. The van der Waals surface area contributed by atoms with Gasteiger partial charge in [0.2, 0.25) is 0 Å². The predicted molar refractivity (Wildman–Crippen MR) is 73.9 cm³/mol. The third kappa shape index (κ3) is 4.58. The van der Waals surface area contributed by atoms with Crippen LogP contribution in [0.4, 0.5) is 0 Å². The van der Waals surface area contributed by atoms with Gasteiger partial charge in [-0.2, -0.15) is 0 Å². The molecular weight excluding hydrogens is 242 g/mol. The van der Waals surface area contributed by atoms with Crippen LogP contribution in [0.2, 0.25) is 0 Å². The third-order valence-electron chi connectivity index (χ3n) is 3.59. The second-order valence-corrected chi connectivity index (χ2v) is 5.02. The van der Waals surface area contributed by atoms with Crippen LogP contribution < -0.4 is 0 Å². The van der Waals surface area contributed by atoms with E-state index in [9.17, 15) is 5.11 Å². The quantitative estimate of drug-likeness (QED) is 0.811. The van der Waals surface area contributed by atoms with Crippen LogP contribution in [0.5, 0.6) is 0 Å². The second kappa shape index (κ2) is 7.60. The first-order chi connectivity index (χ1) is 9.29. The molecule has 0 bridgehead atoms. The molecule has 1 saturated heterocycles. The van der Waals surface area contributed by atoms with Crippen molar-refractivity contribution in [1.29, 1.82) is 0 Å². The van der Waals surface area contributed by atoms with Crippen LogP contribution in [-0.4, -0.2) is 54.1 Å². The number of β-amino-alcohol motifs (C(OH)–C–C–N with tert-alkyl or cyclic N) is 1. The largest absolute Gasteiger partial charge is 0.394 e. The highest BCUT2D eigenvalue weighted by molar-refractivity contribution is 5.17. The minimum atomic E-state index is -0.420. The van der Waals surface area contributed by atoms with E-state index in [-0.39, 0.29) is 12.7 Å². The van der Waals surface area contributed by atoms with E-state index < -0.39 is 6.10 Å². The number of likely N-dealkylation sites (tertiary alicyclic amines) is 1. The first-order valence-electron chi connectivity index (χ1n) is 6.97. The molecule has 0 aliphatic carbocycles. The molecule has 1 unspecified atom stereocenters. The van der Waals surface area contributed by atoms with Crippen LogP contribution in [0.25, 0.3) is 0 Å². The number of nitrogens with zero attached hydrogens (tertiary/aromatic N) is 1. The molecule has 106 valence electrons. The lowest BCUT2D eigenvalue weighted by molar-refractivity contribution is -0.0149. The first kappa shape index (κ1) is 14.5. The summed E-state index contributed by atoms with van der Waals surface area (Å²) in [5.74, 6) is 0. The van der Waals surface area contributed by atoms with Gasteiger partial charge in [-0.25, -0.2) is 0 Å². The number of hydrogen-bond acceptors (Lipinski definition) is 4. The molecule has 2 rings (SSSR count). The van der Waals surface area contributed by atoms with Gasteiger partial charge in [-0.1, -0.05) is 30.3 Å². The van der Waals surface area contributed by atoms with Gasteiger partial charge < -0.3 is 19.8 Å². The van der Waals surface area contributed by atoms with Gasteiger partial charge in [0.1, 0.15) is 0 Å². The summed E-state index contributed by atoms with van der Waals surface area (Å²) in [5, 5.41) is 18.9. The average Bonchev–Trinajstić information content (AvgIpc) is 2.47. The molecule has 1 aliphatic rings. The molecule has 1 aromatic rings. The molecule has 0 saturated carbocycles. The van der Waals surface area contributed by atoms with Crippen molar-refractivity contribution in [2.24, 2.45) is 0 Å². The van der Waals surface area contributed by atoms with Gasteiger partial charge in [0, 0.05) is 19.6 Å². The lowest BCUT2D eigenvalue weighted by Crippen LogP contribution is -2.39. The molecular formula is C15H23NO3. The van der Waals surface area contributed by atoms with Crippen LogP contribution >= 0.6 is 0 Å². The molecule has 1 heterocycles. The Morgan fingerprint density at radius 2 is 1.89 bits per heavy atom. The third-order valence-corrected chi connectivity index (χ3v) is 3.59. The van der Waals surface area contributed by atoms with E-state index in [1.54, 1.807) is 0 Å². The molecule has 1 aliphatic heterocycles. The molecule has 0 spiro atoms. The number of hydrogen-bond donors (Lipinski definition) is 2. The zero-order valence-electron chi connectivity index (χ0n) is 11.2. The van der Waals surface area contributed by atoms with E-state index in [0.29, 0.717) is 13.2 Å². The molecule has 0 radical (unpaired) electrons. The van der Waals surface area contributed by atoms with E-state index in [0.717, 1.165) is 31.5 Å². The summed E-state index contributed by atoms with van der Waals surface area (Å²) in [6, 6.07) is 9.78. The Morgan fingerprint density at radius 3 is 2.53 bits per heavy atom. The average molecular weight is 265 g/mol.